The summed E-state index contributed by atoms with van der Waals surface area (Å²) in [6, 6.07) is 20.2. The first-order valence-electron chi connectivity index (χ1n) is 7.74. The van der Waals surface area contributed by atoms with Crippen LogP contribution in [0.2, 0.25) is 0 Å². The molecule has 1 heterocycles. The van der Waals surface area contributed by atoms with E-state index in [2.05, 4.69) is 30.4 Å². The van der Waals surface area contributed by atoms with Crippen molar-refractivity contribution >= 4 is 22.9 Å². The summed E-state index contributed by atoms with van der Waals surface area (Å²) in [7, 11) is 0. The van der Waals surface area contributed by atoms with Crippen LogP contribution in [0.5, 0.6) is 0 Å². The molecule has 116 valence electrons. The van der Waals surface area contributed by atoms with Gasteiger partial charge in [-0.05, 0) is 42.2 Å². The second-order valence-corrected chi connectivity index (χ2v) is 6.53. The predicted octanol–water partition coefficient (Wildman–Crippen LogP) is 5.54. The standard InChI is InChI=1S/C20H19NOS/c1-3-15-11-7-8-14(2)19(15)21-20(22)18-13-12-17(23-18)16-9-5-4-6-10-16/h4-13H,3H2,1-2H3,(H,21,22). The summed E-state index contributed by atoms with van der Waals surface area (Å²) in [5.41, 5.74) is 4.34. The van der Waals surface area contributed by atoms with Gasteiger partial charge in [0.2, 0.25) is 0 Å². The second-order valence-electron chi connectivity index (χ2n) is 5.45. The van der Waals surface area contributed by atoms with Crippen molar-refractivity contribution in [3.8, 4) is 10.4 Å². The Morgan fingerprint density at radius 1 is 1.00 bits per heavy atom. The van der Waals surface area contributed by atoms with Gasteiger partial charge in [0.05, 0.1) is 4.88 Å². The Bertz CT molecular complexity index is 821. The lowest BCUT2D eigenvalue weighted by Crippen LogP contribution is -2.12. The number of benzene rings is 2. The van der Waals surface area contributed by atoms with Crippen molar-refractivity contribution in [2.75, 3.05) is 5.32 Å². The molecule has 0 aliphatic rings. The molecule has 0 aliphatic heterocycles. The van der Waals surface area contributed by atoms with Crippen LogP contribution in [0.3, 0.4) is 0 Å². The summed E-state index contributed by atoms with van der Waals surface area (Å²) in [4.78, 5) is 14.4. The lowest BCUT2D eigenvalue weighted by Gasteiger charge is -2.12. The van der Waals surface area contributed by atoms with Crippen LogP contribution in [0, 0.1) is 6.92 Å². The van der Waals surface area contributed by atoms with Crippen LogP contribution < -0.4 is 5.32 Å². The number of nitrogens with one attached hydrogen (secondary N) is 1. The van der Waals surface area contributed by atoms with Gasteiger partial charge in [0.15, 0.2) is 0 Å². The summed E-state index contributed by atoms with van der Waals surface area (Å²) in [6.45, 7) is 4.13. The van der Waals surface area contributed by atoms with Gasteiger partial charge in [0, 0.05) is 10.6 Å². The third kappa shape index (κ3) is 3.35. The van der Waals surface area contributed by atoms with Gasteiger partial charge in [-0.1, -0.05) is 55.5 Å². The number of rotatable bonds is 4. The number of aryl methyl sites for hydroxylation is 2. The molecule has 0 radical (unpaired) electrons. The quantitative estimate of drug-likeness (QED) is 0.672. The van der Waals surface area contributed by atoms with E-state index in [9.17, 15) is 4.79 Å². The van der Waals surface area contributed by atoms with Gasteiger partial charge >= 0.3 is 0 Å². The molecule has 1 N–H and O–H groups in total. The van der Waals surface area contributed by atoms with Crippen molar-refractivity contribution < 1.29 is 4.79 Å². The Hall–Kier alpha value is -2.39. The minimum Gasteiger partial charge on any atom is -0.321 e. The highest BCUT2D eigenvalue weighted by molar-refractivity contribution is 7.17. The first-order chi connectivity index (χ1) is 11.2. The fourth-order valence-electron chi connectivity index (χ4n) is 2.59. The summed E-state index contributed by atoms with van der Waals surface area (Å²) >= 11 is 1.52. The Labute approximate surface area is 140 Å². The van der Waals surface area contributed by atoms with E-state index in [1.54, 1.807) is 0 Å². The third-order valence-corrected chi connectivity index (χ3v) is 5.00. The Morgan fingerprint density at radius 2 is 1.78 bits per heavy atom. The maximum Gasteiger partial charge on any atom is 0.265 e. The van der Waals surface area contributed by atoms with Gasteiger partial charge < -0.3 is 5.32 Å². The molecule has 1 amide bonds. The number of thiophene rings is 1. The smallest absolute Gasteiger partial charge is 0.265 e. The largest absolute Gasteiger partial charge is 0.321 e. The molecule has 0 unspecified atom stereocenters. The van der Waals surface area contributed by atoms with Crippen molar-refractivity contribution in [1.29, 1.82) is 0 Å². The molecule has 3 aromatic rings. The zero-order valence-corrected chi connectivity index (χ0v) is 14.1. The Kier molecular flexibility index (Phi) is 4.58. The minimum absolute atomic E-state index is 0.0406. The molecule has 23 heavy (non-hydrogen) atoms. The van der Waals surface area contributed by atoms with Crippen LogP contribution in [0.25, 0.3) is 10.4 Å². The van der Waals surface area contributed by atoms with Crippen LogP contribution in [-0.2, 0) is 6.42 Å². The molecule has 0 saturated heterocycles. The van der Waals surface area contributed by atoms with E-state index in [4.69, 9.17) is 0 Å². The number of carbonyl (C=O) groups excluding carboxylic acids is 1. The van der Waals surface area contributed by atoms with Crippen LogP contribution in [0.1, 0.15) is 27.7 Å². The van der Waals surface area contributed by atoms with Gasteiger partial charge in [0.25, 0.3) is 5.91 Å². The average Bonchev–Trinajstić information content (AvgIpc) is 3.07. The van der Waals surface area contributed by atoms with E-state index in [1.165, 1.54) is 11.3 Å². The number of amides is 1. The molecule has 0 bridgehead atoms. The zero-order valence-electron chi connectivity index (χ0n) is 13.3. The maximum absolute atomic E-state index is 12.6. The van der Waals surface area contributed by atoms with Crippen molar-refractivity contribution in [2.45, 2.75) is 20.3 Å². The van der Waals surface area contributed by atoms with Gasteiger partial charge in [-0.3, -0.25) is 4.79 Å². The summed E-state index contributed by atoms with van der Waals surface area (Å²) in [5, 5.41) is 3.08. The normalized spacial score (nSPS) is 10.5. The molecular weight excluding hydrogens is 302 g/mol. The zero-order chi connectivity index (χ0) is 16.2. The Balaban J connectivity index is 1.84. The molecule has 0 saturated carbocycles. The molecule has 0 atom stereocenters. The highest BCUT2D eigenvalue weighted by Crippen LogP contribution is 2.29. The fraction of sp³-hybridized carbons (Fsp3) is 0.150. The monoisotopic (exact) mass is 321 g/mol. The van der Waals surface area contributed by atoms with E-state index in [0.717, 1.165) is 38.6 Å². The second kappa shape index (κ2) is 6.80. The fourth-order valence-corrected chi connectivity index (χ4v) is 3.50. The van der Waals surface area contributed by atoms with Crippen LogP contribution in [0.4, 0.5) is 5.69 Å². The molecule has 0 fully saturated rings. The first kappa shape index (κ1) is 15.5. The van der Waals surface area contributed by atoms with Crippen molar-refractivity contribution in [1.82, 2.24) is 0 Å². The van der Waals surface area contributed by atoms with E-state index in [1.807, 2.05) is 49.4 Å². The van der Waals surface area contributed by atoms with Crippen LogP contribution in [-0.4, -0.2) is 5.91 Å². The predicted molar refractivity (Wildman–Crippen MR) is 98.3 cm³/mol. The summed E-state index contributed by atoms with van der Waals surface area (Å²) < 4.78 is 0. The maximum atomic E-state index is 12.6. The van der Waals surface area contributed by atoms with E-state index < -0.39 is 0 Å². The number of hydrogen-bond donors (Lipinski definition) is 1. The SMILES string of the molecule is CCc1cccc(C)c1NC(=O)c1ccc(-c2ccccc2)s1. The highest BCUT2D eigenvalue weighted by Gasteiger charge is 2.13. The molecule has 0 spiro atoms. The van der Waals surface area contributed by atoms with E-state index >= 15 is 0 Å². The number of hydrogen-bond acceptors (Lipinski definition) is 2. The molecular formula is C20H19NOS. The molecule has 2 nitrogen and oxygen atoms in total. The minimum atomic E-state index is -0.0406. The lowest BCUT2D eigenvalue weighted by molar-refractivity contribution is 0.103. The van der Waals surface area contributed by atoms with E-state index in [0.29, 0.717) is 0 Å². The number of anilines is 1. The molecule has 1 aromatic heterocycles. The van der Waals surface area contributed by atoms with Crippen molar-refractivity contribution in [3.05, 3.63) is 76.7 Å². The van der Waals surface area contributed by atoms with Gasteiger partial charge in [-0.2, -0.15) is 0 Å². The lowest BCUT2D eigenvalue weighted by atomic mass is 10.1. The van der Waals surface area contributed by atoms with E-state index in [-0.39, 0.29) is 5.91 Å². The highest BCUT2D eigenvalue weighted by atomic mass is 32.1. The number of carbonyl (C=O) groups is 1. The molecule has 3 heteroatoms. The topological polar surface area (TPSA) is 29.1 Å². The van der Waals surface area contributed by atoms with Gasteiger partial charge in [0.1, 0.15) is 0 Å². The summed E-state index contributed by atoms with van der Waals surface area (Å²) in [6.07, 6.45) is 0.900. The average molecular weight is 321 g/mol. The number of para-hydroxylation sites is 1. The van der Waals surface area contributed by atoms with Crippen molar-refractivity contribution in [3.63, 3.8) is 0 Å². The van der Waals surface area contributed by atoms with Crippen molar-refractivity contribution in [2.24, 2.45) is 0 Å². The third-order valence-electron chi connectivity index (χ3n) is 3.87. The van der Waals surface area contributed by atoms with Crippen LogP contribution >= 0.6 is 11.3 Å². The first-order valence-corrected chi connectivity index (χ1v) is 8.55. The molecule has 2 aromatic carbocycles. The van der Waals surface area contributed by atoms with Gasteiger partial charge in [-0.25, -0.2) is 0 Å². The molecule has 3 rings (SSSR count). The summed E-state index contributed by atoms with van der Waals surface area (Å²) in [5.74, 6) is -0.0406. The Morgan fingerprint density at radius 3 is 2.52 bits per heavy atom. The van der Waals surface area contributed by atoms with Gasteiger partial charge in [-0.15, -0.1) is 11.3 Å². The van der Waals surface area contributed by atoms with Crippen LogP contribution in [0.15, 0.2) is 60.7 Å². The molecule has 0 aliphatic carbocycles.